The van der Waals surface area contributed by atoms with Gasteiger partial charge >= 0.3 is 0 Å². The number of hydrogen-bond donors (Lipinski definition) is 1. The van der Waals surface area contributed by atoms with Gasteiger partial charge in [-0.15, -0.1) is 0 Å². The molecular formula is C58H55NO7P+. The standard InChI is InChI=1S/C58H54NO7P/c60-57(59-65-45-50-33-17-5-18-34-50)55(62-42-47-27-11-2-12-28-47)54(61-41-46-25-9-1-10-26-46)56(63-43-48-29-13-3-14-30-48)58(64-44-49-31-15-4-16-32-49)66-67(51-35-19-6-20-36-51,52-37-21-7-22-38-52)53-39-23-8-24-40-53/h1-40,54-56,58H,41-45H2/p+1/t54-,55-,56-,58+/m1/s1. The first kappa shape index (κ1) is 46.9. The van der Waals surface area contributed by atoms with Crippen molar-refractivity contribution in [3.8, 4) is 0 Å². The normalized spacial score (nSPS) is 13.3. The number of carbonyl (C=O) groups excluding carboxylic acids is 1. The van der Waals surface area contributed by atoms with E-state index in [0.717, 1.165) is 43.7 Å². The summed E-state index contributed by atoms with van der Waals surface area (Å²) >= 11 is 0. The summed E-state index contributed by atoms with van der Waals surface area (Å²) in [6, 6.07) is 79.9. The highest BCUT2D eigenvalue weighted by Gasteiger charge is 2.54. The van der Waals surface area contributed by atoms with Crippen molar-refractivity contribution in [2.24, 2.45) is 0 Å². The van der Waals surface area contributed by atoms with Crippen LogP contribution in [0.2, 0.25) is 0 Å². The molecule has 4 atom stereocenters. The third-order valence-corrected chi connectivity index (χ3v) is 14.7. The van der Waals surface area contributed by atoms with Crippen LogP contribution in [0.25, 0.3) is 0 Å². The SMILES string of the molecule is O=C(NOCc1ccccc1)[C@H](OCc1ccccc1)[C@@H](OCc1ccccc1)[C@@H](OCc1ccccc1)[C@@H](OCc1ccccc1)O[P+](c1ccccc1)(c1ccccc1)c1ccccc1. The van der Waals surface area contributed by atoms with Gasteiger partial charge in [-0.25, -0.2) is 5.48 Å². The average molecular weight is 909 g/mol. The molecule has 0 aliphatic rings. The Kier molecular flexibility index (Phi) is 17.4. The molecule has 0 saturated carbocycles. The lowest BCUT2D eigenvalue weighted by molar-refractivity contribution is -0.232. The van der Waals surface area contributed by atoms with Crippen LogP contribution in [-0.2, 0) is 66.1 Å². The van der Waals surface area contributed by atoms with E-state index in [-0.39, 0.29) is 33.0 Å². The lowest BCUT2D eigenvalue weighted by atomic mass is 10.0. The van der Waals surface area contributed by atoms with Gasteiger partial charge in [0.15, 0.2) is 6.10 Å². The largest absolute Gasteiger partial charge is 0.367 e. The quantitative estimate of drug-likeness (QED) is 0.0367. The smallest absolute Gasteiger partial charge is 0.275 e. The Morgan fingerprint density at radius 3 is 1.03 bits per heavy atom. The van der Waals surface area contributed by atoms with Crippen LogP contribution < -0.4 is 21.4 Å². The van der Waals surface area contributed by atoms with Crippen LogP contribution in [0.4, 0.5) is 0 Å². The number of carbonyl (C=O) groups is 1. The Balaban J connectivity index is 1.29. The Morgan fingerprint density at radius 2 is 0.657 bits per heavy atom. The van der Waals surface area contributed by atoms with E-state index in [0.29, 0.717) is 0 Å². The first-order valence-corrected chi connectivity index (χ1v) is 24.2. The fourth-order valence-electron chi connectivity index (χ4n) is 7.76. The molecule has 0 radical (unpaired) electrons. The van der Waals surface area contributed by atoms with Gasteiger partial charge in [0, 0.05) is 0 Å². The molecule has 8 aromatic rings. The second-order valence-corrected chi connectivity index (χ2v) is 18.8. The molecule has 0 aliphatic carbocycles. The monoisotopic (exact) mass is 908 g/mol. The molecular weight excluding hydrogens is 854 g/mol. The minimum absolute atomic E-state index is 0.0829. The predicted molar refractivity (Wildman–Crippen MR) is 266 cm³/mol. The van der Waals surface area contributed by atoms with Crippen molar-refractivity contribution < 1.29 is 33.1 Å². The average Bonchev–Trinajstić information content (AvgIpc) is 3.40. The molecule has 9 heteroatoms. The Morgan fingerprint density at radius 1 is 0.358 bits per heavy atom. The van der Waals surface area contributed by atoms with E-state index < -0.39 is 38.0 Å². The van der Waals surface area contributed by atoms with Crippen molar-refractivity contribution in [2.45, 2.75) is 57.6 Å². The Bertz CT molecular complexity index is 2520. The van der Waals surface area contributed by atoms with Crippen LogP contribution in [0.5, 0.6) is 0 Å². The molecule has 8 nitrogen and oxygen atoms in total. The summed E-state index contributed by atoms with van der Waals surface area (Å²) in [7, 11) is -3.09. The highest BCUT2D eigenvalue weighted by atomic mass is 31.2. The van der Waals surface area contributed by atoms with Crippen molar-refractivity contribution in [3.05, 3.63) is 270 Å². The molecule has 0 heterocycles. The van der Waals surface area contributed by atoms with Gasteiger partial charge in [0.05, 0.1) is 33.0 Å². The summed E-state index contributed by atoms with van der Waals surface area (Å²) in [5, 5.41) is 2.90. The lowest BCUT2D eigenvalue weighted by Crippen LogP contribution is -2.55. The Hall–Kier alpha value is -6.58. The van der Waals surface area contributed by atoms with Crippen LogP contribution >= 0.6 is 7.49 Å². The van der Waals surface area contributed by atoms with Gasteiger partial charge < -0.3 is 18.9 Å². The minimum Gasteiger partial charge on any atom is -0.367 e. The van der Waals surface area contributed by atoms with Crippen LogP contribution in [0.3, 0.4) is 0 Å². The third kappa shape index (κ3) is 13.1. The summed E-state index contributed by atoms with van der Waals surface area (Å²) in [5.74, 6) is -0.560. The fraction of sp³-hybridized carbons (Fsp3) is 0.155. The molecule has 0 spiro atoms. The molecule has 0 saturated heterocycles. The van der Waals surface area contributed by atoms with Gasteiger partial charge in [-0.3, -0.25) is 9.63 Å². The van der Waals surface area contributed by atoms with Crippen molar-refractivity contribution in [3.63, 3.8) is 0 Å². The number of rotatable bonds is 24. The summed E-state index contributed by atoms with van der Waals surface area (Å²) in [6.45, 7) is 0.617. The van der Waals surface area contributed by atoms with Crippen molar-refractivity contribution >= 4 is 29.3 Å². The maximum Gasteiger partial charge on any atom is 0.275 e. The lowest BCUT2D eigenvalue weighted by Gasteiger charge is -2.38. The van der Waals surface area contributed by atoms with Gasteiger partial charge in [-0.1, -0.05) is 206 Å². The van der Waals surface area contributed by atoms with E-state index in [2.05, 4.69) is 41.9 Å². The first-order valence-electron chi connectivity index (χ1n) is 22.5. The zero-order valence-corrected chi connectivity index (χ0v) is 38.1. The second-order valence-electron chi connectivity index (χ2n) is 15.9. The van der Waals surface area contributed by atoms with Gasteiger partial charge in [-0.05, 0) is 64.2 Å². The van der Waals surface area contributed by atoms with Crippen molar-refractivity contribution in [1.82, 2.24) is 5.48 Å². The van der Waals surface area contributed by atoms with Gasteiger partial charge in [0.25, 0.3) is 5.91 Å². The molecule has 1 amide bonds. The number of hydrogen-bond acceptors (Lipinski definition) is 7. The molecule has 8 aromatic carbocycles. The van der Waals surface area contributed by atoms with Gasteiger partial charge in [-0.2, -0.15) is 4.52 Å². The summed E-state index contributed by atoms with van der Waals surface area (Å²) < 4.78 is 36.1. The molecule has 1 N–H and O–H groups in total. The molecule has 338 valence electrons. The topological polar surface area (TPSA) is 84.5 Å². The zero-order valence-electron chi connectivity index (χ0n) is 37.2. The van der Waals surface area contributed by atoms with Gasteiger partial charge in [0.2, 0.25) is 13.8 Å². The maximum absolute atomic E-state index is 15.0. The minimum atomic E-state index is -3.09. The van der Waals surface area contributed by atoms with E-state index in [1.807, 2.05) is 206 Å². The van der Waals surface area contributed by atoms with Gasteiger partial charge in [0.1, 0.15) is 28.1 Å². The Labute approximate surface area is 394 Å². The fourth-order valence-corrected chi connectivity index (χ4v) is 11.3. The number of amides is 1. The zero-order chi connectivity index (χ0) is 45.8. The van der Waals surface area contributed by atoms with E-state index in [1.165, 1.54) is 0 Å². The summed E-state index contributed by atoms with van der Waals surface area (Å²) in [4.78, 5) is 20.9. The van der Waals surface area contributed by atoms with E-state index in [1.54, 1.807) is 0 Å². The number of ether oxygens (including phenoxy) is 4. The molecule has 67 heavy (non-hydrogen) atoms. The first-order chi connectivity index (χ1) is 33.2. The summed E-state index contributed by atoms with van der Waals surface area (Å²) in [5.41, 5.74) is 7.19. The van der Waals surface area contributed by atoms with E-state index in [9.17, 15) is 4.79 Å². The van der Waals surface area contributed by atoms with Crippen LogP contribution in [0.15, 0.2) is 243 Å². The number of benzene rings is 8. The molecule has 0 bridgehead atoms. The number of hydroxylamine groups is 1. The van der Waals surface area contributed by atoms with E-state index in [4.69, 9.17) is 28.3 Å². The van der Waals surface area contributed by atoms with Crippen molar-refractivity contribution in [1.29, 1.82) is 0 Å². The second kappa shape index (κ2) is 24.8. The molecule has 0 fully saturated rings. The van der Waals surface area contributed by atoms with Crippen molar-refractivity contribution in [2.75, 3.05) is 0 Å². The van der Waals surface area contributed by atoms with Crippen LogP contribution in [-0.4, -0.2) is 30.5 Å². The highest BCUT2D eigenvalue weighted by Crippen LogP contribution is 2.58. The summed E-state index contributed by atoms with van der Waals surface area (Å²) in [6.07, 6.45) is -4.76. The maximum atomic E-state index is 15.0. The predicted octanol–water partition coefficient (Wildman–Crippen LogP) is 10.5. The van der Waals surface area contributed by atoms with E-state index >= 15 is 0 Å². The molecule has 8 rings (SSSR count). The molecule has 0 aliphatic heterocycles. The molecule has 0 aromatic heterocycles. The van der Waals surface area contributed by atoms with Crippen LogP contribution in [0, 0.1) is 0 Å². The third-order valence-electron chi connectivity index (χ3n) is 11.1. The molecule has 0 unspecified atom stereocenters. The van der Waals surface area contributed by atoms with Crippen LogP contribution in [0.1, 0.15) is 27.8 Å². The highest BCUT2D eigenvalue weighted by molar-refractivity contribution is 7.91. The number of nitrogens with one attached hydrogen (secondary N) is 1.